The van der Waals surface area contributed by atoms with Crippen molar-refractivity contribution >= 4 is 29.3 Å². The number of esters is 1. The van der Waals surface area contributed by atoms with Crippen LogP contribution in [0.2, 0.25) is 0 Å². The van der Waals surface area contributed by atoms with Crippen molar-refractivity contribution in [1.29, 1.82) is 5.26 Å². The highest BCUT2D eigenvalue weighted by Crippen LogP contribution is 2.16. The molecule has 0 saturated heterocycles. The van der Waals surface area contributed by atoms with E-state index in [2.05, 4.69) is 5.32 Å². The molecule has 1 aromatic carbocycles. The Morgan fingerprint density at radius 3 is 2.84 bits per heavy atom. The summed E-state index contributed by atoms with van der Waals surface area (Å²) in [5.41, 5.74) is 0.742. The molecule has 1 aromatic rings. The molecule has 0 saturated carbocycles. The molecule has 0 heterocycles. The van der Waals surface area contributed by atoms with Crippen LogP contribution in [0.3, 0.4) is 0 Å². The van der Waals surface area contributed by atoms with E-state index in [4.69, 9.17) is 10.00 Å². The Hall–Kier alpha value is -2.00. The van der Waals surface area contributed by atoms with E-state index in [9.17, 15) is 9.59 Å². The van der Waals surface area contributed by atoms with Crippen LogP contribution in [0, 0.1) is 11.3 Å². The second kappa shape index (κ2) is 8.16. The van der Waals surface area contributed by atoms with Gasteiger partial charge in [0.2, 0.25) is 5.91 Å². The molecule has 1 N–H and O–H groups in total. The topological polar surface area (TPSA) is 79.2 Å². The van der Waals surface area contributed by atoms with Gasteiger partial charge in [-0.25, -0.2) is 4.79 Å². The minimum atomic E-state index is -0.469. The van der Waals surface area contributed by atoms with Crippen molar-refractivity contribution in [2.45, 2.75) is 6.92 Å². The monoisotopic (exact) mass is 278 g/mol. The molecule has 5 nitrogen and oxygen atoms in total. The number of thioether (sulfide) groups is 1. The molecule has 0 unspecified atom stereocenters. The first kappa shape index (κ1) is 15.1. The van der Waals surface area contributed by atoms with E-state index < -0.39 is 5.97 Å². The number of hydrogen-bond donors (Lipinski definition) is 1. The first-order valence-electron chi connectivity index (χ1n) is 5.69. The van der Waals surface area contributed by atoms with Crippen molar-refractivity contribution in [2.75, 3.05) is 23.4 Å². The average molecular weight is 278 g/mol. The van der Waals surface area contributed by atoms with Crippen molar-refractivity contribution in [2.24, 2.45) is 0 Å². The van der Waals surface area contributed by atoms with Crippen molar-refractivity contribution in [3.05, 3.63) is 29.8 Å². The Balaban J connectivity index is 2.70. The van der Waals surface area contributed by atoms with Gasteiger partial charge in [0, 0.05) is 0 Å². The van der Waals surface area contributed by atoms with Gasteiger partial charge in [-0.2, -0.15) is 5.26 Å². The SMILES string of the molecule is CCOC(=O)c1ccccc1NC(=O)CSCC#N. The first-order valence-corrected chi connectivity index (χ1v) is 6.85. The summed E-state index contributed by atoms with van der Waals surface area (Å²) in [5, 5.41) is 11.0. The molecular formula is C13H14N2O3S. The number of carbonyl (C=O) groups excluding carboxylic acids is 2. The standard InChI is InChI=1S/C13H14N2O3S/c1-2-18-13(17)10-5-3-4-6-11(10)15-12(16)9-19-8-7-14/h3-6H,2,8-9H2,1H3,(H,15,16). The zero-order valence-electron chi connectivity index (χ0n) is 10.5. The maximum absolute atomic E-state index is 11.7. The van der Waals surface area contributed by atoms with Crippen LogP contribution in [0.25, 0.3) is 0 Å². The lowest BCUT2D eigenvalue weighted by Gasteiger charge is -2.09. The zero-order chi connectivity index (χ0) is 14.1. The number of amides is 1. The molecule has 0 radical (unpaired) electrons. The van der Waals surface area contributed by atoms with Crippen LogP contribution in [0.5, 0.6) is 0 Å². The molecule has 0 atom stereocenters. The van der Waals surface area contributed by atoms with Crippen LogP contribution in [0.4, 0.5) is 5.69 Å². The third-order valence-electron chi connectivity index (χ3n) is 2.10. The lowest BCUT2D eigenvalue weighted by Crippen LogP contribution is -2.17. The van der Waals surface area contributed by atoms with Crippen molar-refractivity contribution < 1.29 is 14.3 Å². The summed E-state index contributed by atoms with van der Waals surface area (Å²) in [6, 6.07) is 8.60. The highest BCUT2D eigenvalue weighted by atomic mass is 32.2. The Morgan fingerprint density at radius 2 is 2.16 bits per heavy atom. The van der Waals surface area contributed by atoms with Crippen LogP contribution in [0.1, 0.15) is 17.3 Å². The lowest BCUT2D eigenvalue weighted by atomic mass is 10.2. The second-order valence-corrected chi connectivity index (χ2v) is 4.45. The minimum absolute atomic E-state index is 0.171. The molecule has 0 aliphatic rings. The molecule has 100 valence electrons. The van der Waals surface area contributed by atoms with Gasteiger partial charge in [-0.1, -0.05) is 12.1 Å². The molecule has 6 heteroatoms. The summed E-state index contributed by atoms with van der Waals surface area (Å²) >= 11 is 1.22. The molecule has 0 spiro atoms. The number of nitrogens with one attached hydrogen (secondary N) is 1. The number of rotatable bonds is 6. The fourth-order valence-corrected chi connectivity index (χ4v) is 1.81. The summed E-state index contributed by atoms with van der Waals surface area (Å²) < 4.78 is 4.91. The number of nitriles is 1. The maximum atomic E-state index is 11.7. The number of nitrogens with zero attached hydrogens (tertiary/aromatic N) is 1. The van der Waals surface area contributed by atoms with Crippen LogP contribution in [-0.4, -0.2) is 30.0 Å². The molecule has 0 fully saturated rings. The quantitative estimate of drug-likeness (QED) is 0.636. The highest BCUT2D eigenvalue weighted by Gasteiger charge is 2.13. The van der Waals surface area contributed by atoms with E-state index >= 15 is 0 Å². The number of anilines is 1. The van der Waals surface area contributed by atoms with E-state index in [1.807, 2.05) is 6.07 Å². The number of benzene rings is 1. The fourth-order valence-electron chi connectivity index (χ4n) is 1.35. The van der Waals surface area contributed by atoms with Crippen LogP contribution < -0.4 is 5.32 Å². The number of hydrogen-bond acceptors (Lipinski definition) is 5. The second-order valence-electron chi connectivity index (χ2n) is 3.47. The van der Waals surface area contributed by atoms with Gasteiger partial charge >= 0.3 is 5.97 Å². The Morgan fingerprint density at radius 1 is 1.42 bits per heavy atom. The highest BCUT2D eigenvalue weighted by molar-refractivity contribution is 8.00. The zero-order valence-corrected chi connectivity index (χ0v) is 11.3. The molecule has 1 rings (SSSR count). The fraction of sp³-hybridized carbons (Fsp3) is 0.308. The maximum Gasteiger partial charge on any atom is 0.340 e. The molecular weight excluding hydrogens is 264 g/mol. The molecule has 0 aliphatic heterocycles. The number of carbonyl (C=O) groups is 2. The van der Waals surface area contributed by atoms with Gasteiger partial charge in [0.1, 0.15) is 0 Å². The molecule has 0 bridgehead atoms. The van der Waals surface area contributed by atoms with Crippen LogP contribution >= 0.6 is 11.8 Å². The van der Waals surface area contributed by atoms with Gasteiger partial charge in [0.25, 0.3) is 0 Å². The van der Waals surface area contributed by atoms with E-state index in [0.29, 0.717) is 11.3 Å². The van der Waals surface area contributed by atoms with Crippen LogP contribution in [0.15, 0.2) is 24.3 Å². The lowest BCUT2D eigenvalue weighted by molar-refractivity contribution is -0.113. The molecule has 0 aliphatic carbocycles. The summed E-state index contributed by atoms with van der Waals surface area (Å²) in [6.45, 7) is 2.00. The number of para-hydroxylation sites is 1. The Bertz CT molecular complexity index is 497. The van der Waals surface area contributed by atoms with E-state index in [1.54, 1.807) is 31.2 Å². The van der Waals surface area contributed by atoms with Crippen molar-refractivity contribution in [3.63, 3.8) is 0 Å². The Labute approximate surface area is 115 Å². The van der Waals surface area contributed by atoms with Gasteiger partial charge < -0.3 is 10.1 Å². The van der Waals surface area contributed by atoms with E-state index in [1.165, 1.54) is 11.8 Å². The first-order chi connectivity index (χ1) is 9.19. The minimum Gasteiger partial charge on any atom is -0.462 e. The van der Waals surface area contributed by atoms with Gasteiger partial charge in [-0.05, 0) is 19.1 Å². The van der Waals surface area contributed by atoms with E-state index in [-0.39, 0.29) is 24.0 Å². The third kappa shape index (κ3) is 5.02. The summed E-state index contributed by atoms with van der Waals surface area (Å²) in [7, 11) is 0. The Kier molecular flexibility index (Phi) is 6.47. The van der Waals surface area contributed by atoms with Gasteiger partial charge in [-0.15, -0.1) is 11.8 Å². The molecule has 19 heavy (non-hydrogen) atoms. The average Bonchev–Trinajstić information content (AvgIpc) is 2.40. The van der Waals surface area contributed by atoms with Crippen LogP contribution in [-0.2, 0) is 9.53 Å². The predicted molar refractivity (Wildman–Crippen MR) is 74.0 cm³/mol. The predicted octanol–water partition coefficient (Wildman–Crippen LogP) is 2.06. The molecule has 0 aromatic heterocycles. The summed E-state index contributed by atoms with van der Waals surface area (Å²) in [5.74, 6) is -0.294. The normalized spacial score (nSPS) is 9.47. The molecule has 1 amide bonds. The summed E-state index contributed by atoms with van der Waals surface area (Å²) in [4.78, 5) is 23.3. The van der Waals surface area contributed by atoms with E-state index in [0.717, 1.165) is 0 Å². The largest absolute Gasteiger partial charge is 0.462 e. The van der Waals surface area contributed by atoms with Crippen molar-refractivity contribution in [3.8, 4) is 6.07 Å². The van der Waals surface area contributed by atoms with Gasteiger partial charge in [0.15, 0.2) is 0 Å². The smallest absolute Gasteiger partial charge is 0.340 e. The van der Waals surface area contributed by atoms with Gasteiger partial charge in [-0.3, -0.25) is 4.79 Å². The third-order valence-corrected chi connectivity index (χ3v) is 2.90. The van der Waals surface area contributed by atoms with Crippen molar-refractivity contribution in [1.82, 2.24) is 0 Å². The summed E-state index contributed by atoms with van der Waals surface area (Å²) in [6.07, 6.45) is 0. The van der Waals surface area contributed by atoms with Gasteiger partial charge in [0.05, 0.1) is 35.4 Å². The number of ether oxygens (including phenoxy) is 1.